The van der Waals surface area contributed by atoms with E-state index in [0.717, 1.165) is 28.5 Å². The van der Waals surface area contributed by atoms with Crippen molar-refractivity contribution >= 4 is 23.6 Å². The first kappa shape index (κ1) is 15.1. The fourth-order valence-corrected chi connectivity index (χ4v) is 2.04. The Balaban J connectivity index is 2.16. The molecule has 2 aromatic rings. The summed E-state index contributed by atoms with van der Waals surface area (Å²) in [5.41, 5.74) is 2.73. The minimum atomic E-state index is -0.976. The molecule has 0 radical (unpaired) electrons. The first-order valence-corrected chi connectivity index (χ1v) is 6.82. The lowest BCUT2D eigenvalue weighted by atomic mass is 10.1. The Hall–Kier alpha value is -2.26. The zero-order valence-corrected chi connectivity index (χ0v) is 12.3. The van der Waals surface area contributed by atoms with Gasteiger partial charge in [-0.15, -0.1) is 0 Å². The van der Waals surface area contributed by atoms with E-state index in [0.29, 0.717) is 11.6 Å². The summed E-state index contributed by atoms with van der Waals surface area (Å²) in [5.74, 6) is -0.254. The van der Waals surface area contributed by atoms with Crippen LogP contribution in [0.2, 0.25) is 5.02 Å². The predicted octanol–water partition coefficient (Wildman–Crippen LogP) is 4.33. The predicted molar refractivity (Wildman–Crippen MR) is 83.6 cm³/mol. The van der Waals surface area contributed by atoms with E-state index in [1.165, 1.54) is 0 Å². The van der Waals surface area contributed by atoms with Gasteiger partial charge in [0.05, 0.1) is 0 Å². The van der Waals surface area contributed by atoms with Crippen molar-refractivity contribution in [3.05, 3.63) is 70.3 Å². The number of aryl methyl sites for hydroxylation is 1. The summed E-state index contributed by atoms with van der Waals surface area (Å²) in [4.78, 5) is 10.6. The maximum absolute atomic E-state index is 10.6. The minimum Gasteiger partial charge on any atom is -0.489 e. The average Bonchev–Trinajstić information content (AvgIpc) is 2.47. The number of carboxylic acids is 1. The normalized spacial score (nSPS) is 10.8. The van der Waals surface area contributed by atoms with Gasteiger partial charge in [0, 0.05) is 11.1 Å². The number of benzene rings is 2. The highest BCUT2D eigenvalue weighted by molar-refractivity contribution is 6.30. The highest BCUT2D eigenvalue weighted by atomic mass is 35.5. The summed E-state index contributed by atoms with van der Waals surface area (Å²) >= 11 is 5.96. The highest BCUT2D eigenvalue weighted by Gasteiger charge is 2.04. The molecule has 108 valence electrons. The van der Waals surface area contributed by atoms with Crippen molar-refractivity contribution in [2.24, 2.45) is 0 Å². The van der Waals surface area contributed by atoms with E-state index < -0.39 is 5.97 Å². The number of halogens is 1. The Morgan fingerprint density at radius 3 is 2.81 bits per heavy atom. The topological polar surface area (TPSA) is 46.5 Å². The molecule has 0 saturated carbocycles. The summed E-state index contributed by atoms with van der Waals surface area (Å²) in [6.45, 7) is 2.29. The molecule has 0 heterocycles. The van der Waals surface area contributed by atoms with E-state index in [4.69, 9.17) is 21.4 Å². The molecule has 0 amide bonds. The second-order valence-corrected chi connectivity index (χ2v) is 5.01. The number of carbonyl (C=O) groups is 1. The van der Waals surface area contributed by atoms with E-state index in [1.807, 2.05) is 43.3 Å². The zero-order chi connectivity index (χ0) is 15.2. The molecule has 0 aliphatic rings. The molecule has 0 aromatic heterocycles. The molecular formula is C17H15ClO3. The van der Waals surface area contributed by atoms with E-state index in [2.05, 4.69) is 0 Å². The second-order valence-electron chi connectivity index (χ2n) is 4.57. The van der Waals surface area contributed by atoms with Crippen LogP contribution in [0.3, 0.4) is 0 Å². The fraction of sp³-hybridized carbons (Fsp3) is 0.118. The quantitative estimate of drug-likeness (QED) is 0.836. The number of ether oxygens (including phenoxy) is 1. The van der Waals surface area contributed by atoms with Gasteiger partial charge in [-0.25, -0.2) is 4.79 Å². The molecule has 0 unspecified atom stereocenters. The van der Waals surface area contributed by atoms with Crippen LogP contribution in [0.5, 0.6) is 5.75 Å². The Labute approximate surface area is 128 Å². The van der Waals surface area contributed by atoms with Crippen LogP contribution >= 0.6 is 11.6 Å². The molecular weight excluding hydrogens is 288 g/mol. The van der Waals surface area contributed by atoms with Crippen molar-refractivity contribution in [1.29, 1.82) is 0 Å². The van der Waals surface area contributed by atoms with E-state index in [9.17, 15) is 4.79 Å². The molecule has 0 saturated heterocycles. The smallest absolute Gasteiger partial charge is 0.328 e. The average molecular weight is 303 g/mol. The Morgan fingerprint density at radius 2 is 2.05 bits per heavy atom. The molecule has 3 nitrogen and oxygen atoms in total. The molecule has 0 fully saturated rings. The lowest BCUT2D eigenvalue weighted by molar-refractivity contribution is -0.131. The van der Waals surface area contributed by atoms with Crippen molar-refractivity contribution in [1.82, 2.24) is 0 Å². The SMILES string of the molecule is Cc1ccc(Cl)cc1OCc1ccccc1C=CC(=O)O. The van der Waals surface area contributed by atoms with Gasteiger partial charge < -0.3 is 9.84 Å². The van der Waals surface area contributed by atoms with Gasteiger partial charge in [0.2, 0.25) is 0 Å². The van der Waals surface area contributed by atoms with Gasteiger partial charge in [0.25, 0.3) is 0 Å². The first-order valence-electron chi connectivity index (χ1n) is 6.44. The van der Waals surface area contributed by atoms with Crippen molar-refractivity contribution in [2.75, 3.05) is 0 Å². The third kappa shape index (κ3) is 4.36. The number of rotatable bonds is 5. The van der Waals surface area contributed by atoms with Crippen molar-refractivity contribution < 1.29 is 14.6 Å². The second kappa shape index (κ2) is 6.95. The van der Waals surface area contributed by atoms with Crippen LogP contribution in [0.15, 0.2) is 48.5 Å². The highest BCUT2D eigenvalue weighted by Crippen LogP contribution is 2.24. The van der Waals surface area contributed by atoms with Crippen LogP contribution in [-0.4, -0.2) is 11.1 Å². The summed E-state index contributed by atoms with van der Waals surface area (Å²) in [7, 11) is 0. The van der Waals surface area contributed by atoms with Crippen molar-refractivity contribution in [3.8, 4) is 5.75 Å². The summed E-state index contributed by atoms with van der Waals surface area (Å²) in [6, 6.07) is 13.0. The Bertz CT molecular complexity index is 677. The van der Waals surface area contributed by atoms with Crippen LogP contribution in [0, 0.1) is 6.92 Å². The van der Waals surface area contributed by atoms with Crippen LogP contribution < -0.4 is 4.74 Å². The minimum absolute atomic E-state index is 0.349. The summed E-state index contributed by atoms with van der Waals surface area (Å²) < 4.78 is 5.79. The molecule has 2 aromatic carbocycles. The van der Waals surface area contributed by atoms with E-state index in [-0.39, 0.29) is 0 Å². The monoisotopic (exact) mass is 302 g/mol. The molecule has 0 aliphatic heterocycles. The first-order chi connectivity index (χ1) is 10.1. The molecule has 0 spiro atoms. The molecule has 4 heteroatoms. The van der Waals surface area contributed by atoms with Gasteiger partial charge >= 0.3 is 5.97 Å². The third-order valence-corrected chi connectivity index (χ3v) is 3.23. The van der Waals surface area contributed by atoms with Crippen molar-refractivity contribution in [2.45, 2.75) is 13.5 Å². The summed E-state index contributed by atoms with van der Waals surface area (Å²) in [6.07, 6.45) is 2.68. The molecule has 2 rings (SSSR count). The van der Waals surface area contributed by atoms with Gasteiger partial charge in [-0.1, -0.05) is 41.9 Å². The number of hydrogen-bond acceptors (Lipinski definition) is 2. The zero-order valence-electron chi connectivity index (χ0n) is 11.5. The van der Waals surface area contributed by atoms with Gasteiger partial charge in [0.1, 0.15) is 12.4 Å². The Morgan fingerprint density at radius 1 is 1.29 bits per heavy atom. The summed E-state index contributed by atoms with van der Waals surface area (Å²) in [5, 5.41) is 9.33. The number of carboxylic acid groups (broad SMARTS) is 1. The maximum atomic E-state index is 10.6. The molecule has 0 aliphatic carbocycles. The van der Waals surface area contributed by atoms with Gasteiger partial charge in [-0.2, -0.15) is 0 Å². The molecule has 0 atom stereocenters. The van der Waals surface area contributed by atoms with Crippen LogP contribution in [-0.2, 0) is 11.4 Å². The maximum Gasteiger partial charge on any atom is 0.328 e. The van der Waals surface area contributed by atoms with E-state index >= 15 is 0 Å². The van der Waals surface area contributed by atoms with Crippen LogP contribution in [0.4, 0.5) is 0 Å². The van der Waals surface area contributed by atoms with E-state index in [1.54, 1.807) is 12.1 Å². The fourth-order valence-electron chi connectivity index (χ4n) is 1.87. The lowest BCUT2D eigenvalue weighted by Crippen LogP contribution is -1.99. The van der Waals surface area contributed by atoms with Gasteiger partial charge in [-0.3, -0.25) is 0 Å². The van der Waals surface area contributed by atoms with Crippen molar-refractivity contribution in [3.63, 3.8) is 0 Å². The largest absolute Gasteiger partial charge is 0.489 e. The Kier molecular flexibility index (Phi) is 5.01. The van der Waals surface area contributed by atoms with Crippen LogP contribution in [0.1, 0.15) is 16.7 Å². The molecule has 21 heavy (non-hydrogen) atoms. The standard InChI is InChI=1S/C17H15ClO3/c1-12-6-8-15(18)10-16(12)21-11-14-5-3-2-4-13(14)7-9-17(19)20/h2-10H,11H2,1H3,(H,19,20). The van der Waals surface area contributed by atoms with Gasteiger partial charge in [0.15, 0.2) is 0 Å². The third-order valence-electron chi connectivity index (χ3n) is 2.99. The number of aliphatic carboxylic acids is 1. The number of hydrogen-bond donors (Lipinski definition) is 1. The lowest BCUT2D eigenvalue weighted by Gasteiger charge is -2.11. The molecule has 1 N–H and O–H groups in total. The van der Waals surface area contributed by atoms with Gasteiger partial charge in [-0.05, 0) is 41.8 Å². The molecule has 0 bridgehead atoms. The van der Waals surface area contributed by atoms with Crippen LogP contribution in [0.25, 0.3) is 6.08 Å².